The number of nitrogens with one attached hydrogen (secondary N) is 2. The molecule has 12 heavy (non-hydrogen) atoms. The maximum Gasteiger partial charge on any atom is 0.0882 e. The van der Waals surface area contributed by atoms with Gasteiger partial charge in [-0.2, -0.15) is 0 Å². The van der Waals surface area contributed by atoms with Crippen LogP contribution in [0, 0.1) is 5.92 Å². The van der Waals surface area contributed by atoms with Gasteiger partial charge < -0.3 is 10.6 Å². The Labute approximate surface area is 77.0 Å². The van der Waals surface area contributed by atoms with Crippen LogP contribution >= 0.6 is 11.3 Å². The zero-order valence-corrected chi connectivity index (χ0v) is 7.86. The minimum Gasteiger partial charge on any atom is -0.377 e. The van der Waals surface area contributed by atoms with E-state index in [0.717, 1.165) is 12.5 Å². The summed E-state index contributed by atoms with van der Waals surface area (Å²) in [5, 5.41) is 10.2. The Bertz CT molecular complexity index is 214. The lowest BCUT2D eigenvalue weighted by Crippen LogP contribution is -2.16. The Morgan fingerprint density at radius 1 is 1.67 bits per heavy atom. The molecule has 2 nitrogen and oxygen atoms in total. The minimum atomic E-state index is 0.826. The summed E-state index contributed by atoms with van der Waals surface area (Å²) in [5.41, 5.74) is 0. The summed E-state index contributed by atoms with van der Waals surface area (Å²) in [6, 6.07) is 4.22. The van der Waals surface area contributed by atoms with Gasteiger partial charge in [0.25, 0.3) is 0 Å². The fraction of sp³-hybridized carbons (Fsp3) is 0.556. The quantitative estimate of drug-likeness (QED) is 0.744. The molecule has 0 amide bonds. The zero-order chi connectivity index (χ0) is 8.23. The van der Waals surface area contributed by atoms with E-state index in [1.54, 1.807) is 11.3 Å². The van der Waals surface area contributed by atoms with Crippen LogP contribution in [0.4, 0.5) is 5.00 Å². The third kappa shape index (κ3) is 1.99. The first-order valence-electron chi connectivity index (χ1n) is 4.43. The van der Waals surface area contributed by atoms with Gasteiger partial charge in [-0.3, -0.25) is 0 Å². The van der Waals surface area contributed by atoms with Crippen LogP contribution in [0.25, 0.3) is 0 Å². The van der Waals surface area contributed by atoms with Gasteiger partial charge in [-0.05, 0) is 42.9 Å². The number of hydrogen-bond donors (Lipinski definition) is 2. The highest BCUT2D eigenvalue weighted by atomic mass is 32.1. The van der Waals surface area contributed by atoms with Gasteiger partial charge in [0.2, 0.25) is 0 Å². The summed E-state index contributed by atoms with van der Waals surface area (Å²) < 4.78 is 0. The molecule has 2 N–H and O–H groups in total. The van der Waals surface area contributed by atoms with E-state index in [2.05, 4.69) is 28.1 Å². The lowest BCUT2D eigenvalue weighted by atomic mass is 10.1. The maximum absolute atomic E-state index is 3.45. The molecule has 2 heterocycles. The summed E-state index contributed by atoms with van der Waals surface area (Å²) in [6.45, 7) is 3.49. The molecule has 0 spiro atoms. The van der Waals surface area contributed by atoms with Crippen LogP contribution in [0.1, 0.15) is 6.42 Å². The van der Waals surface area contributed by atoms with Crippen molar-refractivity contribution in [2.24, 2.45) is 5.92 Å². The Balaban J connectivity index is 1.74. The van der Waals surface area contributed by atoms with Gasteiger partial charge in [-0.15, -0.1) is 11.3 Å². The highest BCUT2D eigenvalue weighted by molar-refractivity contribution is 7.14. The largest absolute Gasteiger partial charge is 0.377 e. The van der Waals surface area contributed by atoms with Crippen molar-refractivity contribution in [3.05, 3.63) is 17.5 Å². The average Bonchev–Trinajstić information content (AvgIpc) is 2.74. The van der Waals surface area contributed by atoms with Gasteiger partial charge in [0.15, 0.2) is 0 Å². The molecule has 0 aromatic carbocycles. The molecule has 1 aromatic heterocycles. The van der Waals surface area contributed by atoms with Crippen molar-refractivity contribution >= 4 is 16.3 Å². The molecule has 0 radical (unpaired) electrons. The number of thiophene rings is 1. The number of anilines is 1. The highest BCUT2D eigenvalue weighted by Gasteiger charge is 2.13. The molecule has 1 saturated heterocycles. The molecule has 1 aromatic rings. The smallest absolute Gasteiger partial charge is 0.0882 e. The second-order valence-electron chi connectivity index (χ2n) is 3.22. The van der Waals surface area contributed by atoms with Crippen molar-refractivity contribution < 1.29 is 0 Å². The van der Waals surface area contributed by atoms with Crippen LogP contribution in [-0.4, -0.2) is 19.6 Å². The third-order valence-electron chi connectivity index (χ3n) is 2.25. The lowest BCUT2D eigenvalue weighted by molar-refractivity contribution is 0.616. The average molecular weight is 182 g/mol. The fourth-order valence-corrected chi connectivity index (χ4v) is 2.14. The van der Waals surface area contributed by atoms with Gasteiger partial charge in [0.1, 0.15) is 0 Å². The normalized spacial score (nSPS) is 22.8. The first kappa shape index (κ1) is 8.08. The molecule has 3 heteroatoms. The molecular weight excluding hydrogens is 168 g/mol. The monoisotopic (exact) mass is 182 g/mol. The molecule has 1 aliphatic heterocycles. The van der Waals surface area contributed by atoms with E-state index in [0.29, 0.717) is 0 Å². The maximum atomic E-state index is 3.45. The molecule has 66 valence electrons. The van der Waals surface area contributed by atoms with Gasteiger partial charge in [-0.25, -0.2) is 0 Å². The van der Waals surface area contributed by atoms with Crippen LogP contribution < -0.4 is 10.6 Å². The Hall–Kier alpha value is -0.540. The molecule has 0 aliphatic carbocycles. The lowest BCUT2D eigenvalue weighted by Gasteiger charge is -2.08. The Kier molecular flexibility index (Phi) is 2.64. The molecule has 1 unspecified atom stereocenters. The van der Waals surface area contributed by atoms with Crippen molar-refractivity contribution in [2.45, 2.75) is 6.42 Å². The van der Waals surface area contributed by atoms with Crippen molar-refractivity contribution in [1.29, 1.82) is 0 Å². The van der Waals surface area contributed by atoms with E-state index in [-0.39, 0.29) is 0 Å². The van der Waals surface area contributed by atoms with Crippen molar-refractivity contribution in [3.8, 4) is 0 Å². The zero-order valence-electron chi connectivity index (χ0n) is 7.05. The van der Waals surface area contributed by atoms with Crippen LogP contribution in [0.3, 0.4) is 0 Å². The topological polar surface area (TPSA) is 24.1 Å². The standard InChI is InChI=1S/C9H14N2S/c1-2-9(12-5-1)11-7-8-3-4-10-6-8/h1-2,5,8,10-11H,3-4,6-7H2. The summed E-state index contributed by atoms with van der Waals surface area (Å²) in [5.74, 6) is 0.826. The van der Waals surface area contributed by atoms with Crippen molar-refractivity contribution in [2.75, 3.05) is 25.0 Å². The van der Waals surface area contributed by atoms with E-state index < -0.39 is 0 Å². The summed E-state index contributed by atoms with van der Waals surface area (Å²) in [6.07, 6.45) is 1.32. The summed E-state index contributed by atoms with van der Waals surface area (Å²) in [7, 11) is 0. The second-order valence-corrected chi connectivity index (χ2v) is 4.16. The van der Waals surface area contributed by atoms with Crippen molar-refractivity contribution in [3.63, 3.8) is 0 Å². The van der Waals surface area contributed by atoms with Gasteiger partial charge in [0.05, 0.1) is 5.00 Å². The van der Waals surface area contributed by atoms with Gasteiger partial charge in [0, 0.05) is 6.54 Å². The highest BCUT2D eigenvalue weighted by Crippen LogP contribution is 2.16. The van der Waals surface area contributed by atoms with E-state index in [1.165, 1.54) is 24.5 Å². The third-order valence-corrected chi connectivity index (χ3v) is 3.08. The van der Waals surface area contributed by atoms with Crippen LogP contribution in [0.15, 0.2) is 17.5 Å². The SMILES string of the molecule is c1csc(NCC2CCNC2)c1. The first-order chi connectivity index (χ1) is 5.95. The number of hydrogen-bond acceptors (Lipinski definition) is 3. The fourth-order valence-electron chi connectivity index (χ4n) is 1.51. The molecule has 0 saturated carbocycles. The van der Waals surface area contributed by atoms with Crippen LogP contribution in [0.2, 0.25) is 0 Å². The molecule has 1 fully saturated rings. The molecule has 1 atom stereocenters. The predicted molar refractivity (Wildman–Crippen MR) is 53.8 cm³/mol. The first-order valence-corrected chi connectivity index (χ1v) is 5.31. The molecule has 0 bridgehead atoms. The number of rotatable bonds is 3. The molecule has 1 aliphatic rings. The van der Waals surface area contributed by atoms with E-state index in [1.807, 2.05) is 0 Å². The van der Waals surface area contributed by atoms with Crippen LogP contribution in [0.5, 0.6) is 0 Å². The van der Waals surface area contributed by atoms with Gasteiger partial charge >= 0.3 is 0 Å². The summed E-state index contributed by atoms with van der Waals surface area (Å²) >= 11 is 1.77. The Morgan fingerprint density at radius 3 is 3.33 bits per heavy atom. The Morgan fingerprint density at radius 2 is 2.67 bits per heavy atom. The van der Waals surface area contributed by atoms with E-state index in [9.17, 15) is 0 Å². The minimum absolute atomic E-state index is 0.826. The predicted octanol–water partition coefficient (Wildman–Crippen LogP) is 1.77. The molecule has 2 rings (SSSR count). The molecular formula is C9H14N2S. The van der Waals surface area contributed by atoms with Crippen LogP contribution in [-0.2, 0) is 0 Å². The van der Waals surface area contributed by atoms with Crippen molar-refractivity contribution in [1.82, 2.24) is 5.32 Å². The second kappa shape index (κ2) is 3.92. The van der Waals surface area contributed by atoms with E-state index >= 15 is 0 Å². The van der Waals surface area contributed by atoms with Gasteiger partial charge in [-0.1, -0.05) is 0 Å². The summed E-state index contributed by atoms with van der Waals surface area (Å²) in [4.78, 5) is 0. The van der Waals surface area contributed by atoms with E-state index in [4.69, 9.17) is 0 Å².